The number of aromatic hydroxyl groups is 1. The summed E-state index contributed by atoms with van der Waals surface area (Å²) in [5.74, 6) is -0.935. The fraction of sp³-hybridized carbons (Fsp3) is 0.400. The van der Waals surface area contributed by atoms with Crippen LogP contribution in [0, 0.1) is 5.82 Å². The molecule has 76 valence electrons. The summed E-state index contributed by atoms with van der Waals surface area (Å²) in [6.45, 7) is 0.901. The Morgan fingerprint density at radius 1 is 1.50 bits per heavy atom. The van der Waals surface area contributed by atoms with Crippen LogP contribution >= 0.6 is 11.6 Å². The summed E-state index contributed by atoms with van der Waals surface area (Å²) in [6.07, 6.45) is 1.95. The van der Waals surface area contributed by atoms with E-state index in [2.05, 4.69) is 5.32 Å². The number of benzene rings is 1. The van der Waals surface area contributed by atoms with Gasteiger partial charge in [-0.1, -0.05) is 11.6 Å². The number of phenols is 1. The molecule has 0 aliphatic carbocycles. The van der Waals surface area contributed by atoms with E-state index in [-0.39, 0.29) is 11.8 Å². The molecule has 0 radical (unpaired) electrons. The highest BCUT2D eigenvalue weighted by Crippen LogP contribution is 2.34. The van der Waals surface area contributed by atoms with Gasteiger partial charge in [-0.25, -0.2) is 4.39 Å². The molecule has 0 spiro atoms. The Hall–Kier alpha value is -0.800. The Morgan fingerprint density at radius 3 is 2.93 bits per heavy atom. The van der Waals surface area contributed by atoms with Crippen molar-refractivity contribution in [3.63, 3.8) is 0 Å². The van der Waals surface area contributed by atoms with Crippen LogP contribution in [0.4, 0.5) is 4.39 Å². The minimum atomic E-state index is -0.652. The predicted octanol–water partition coefficient (Wildman–Crippen LogP) is 2.61. The molecule has 1 saturated heterocycles. The molecular formula is C10H11ClFNO. The lowest BCUT2D eigenvalue weighted by molar-refractivity contribution is 0.417. The van der Waals surface area contributed by atoms with Crippen LogP contribution in [0.25, 0.3) is 0 Å². The molecule has 2 nitrogen and oxygen atoms in total. The van der Waals surface area contributed by atoms with Crippen molar-refractivity contribution in [1.82, 2.24) is 5.32 Å². The van der Waals surface area contributed by atoms with E-state index >= 15 is 0 Å². The molecule has 2 N–H and O–H groups in total. The summed E-state index contributed by atoms with van der Waals surface area (Å²) >= 11 is 5.72. The Balaban J connectivity index is 2.40. The van der Waals surface area contributed by atoms with Crippen molar-refractivity contribution in [2.45, 2.75) is 18.9 Å². The molecule has 14 heavy (non-hydrogen) atoms. The Labute approximate surface area is 86.7 Å². The van der Waals surface area contributed by atoms with E-state index in [1.807, 2.05) is 0 Å². The smallest absolute Gasteiger partial charge is 0.166 e. The van der Waals surface area contributed by atoms with Crippen LogP contribution in [0.5, 0.6) is 5.75 Å². The van der Waals surface area contributed by atoms with Crippen molar-refractivity contribution in [3.8, 4) is 5.75 Å². The van der Waals surface area contributed by atoms with Gasteiger partial charge in [-0.05, 0) is 31.5 Å². The maximum atomic E-state index is 13.1. The third-order valence-corrected chi connectivity index (χ3v) is 2.71. The number of phenolic OH excluding ortho intramolecular Hbond substituents is 1. The molecule has 0 aromatic heterocycles. The van der Waals surface area contributed by atoms with Gasteiger partial charge in [0.15, 0.2) is 11.6 Å². The second kappa shape index (κ2) is 3.75. The lowest BCUT2D eigenvalue weighted by atomic mass is 10.0. The molecule has 1 aliphatic rings. The predicted molar refractivity (Wildman–Crippen MR) is 53.1 cm³/mol. The van der Waals surface area contributed by atoms with E-state index in [0.717, 1.165) is 25.5 Å². The first-order valence-electron chi connectivity index (χ1n) is 4.60. The van der Waals surface area contributed by atoms with Crippen LogP contribution in [0.1, 0.15) is 24.4 Å². The van der Waals surface area contributed by atoms with Gasteiger partial charge in [0.25, 0.3) is 0 Å². The van der Waals surface area contributed by atoms with E-state index in [1.165, 1.54) is 0 Å². The minimum Gasteiger partial charge on any atom is -0.505 e. The van der Waals surface area contributed by atoms with Gasteiger partial charge < -0.3 is 10.4 Å². The van der Waals surface area contributed by atoms with Crippen molar-refractivity contribution in [3.05, 3.63) is 28.5 Å². The van der Waals surface area contributed by atoms with E-state index in [9.17, 15) is 9.50 Å². The molecule has 1 fully saturated rings. The molecular weight excluding hydrogens is 205 g/mol. The molecule has 1 atom stereocenters. The summed E-state index contributed by atoms with van der Waals surface area (Å²) in [5.41, 5.74) is 0.563. The molecule has 0 amide bonds. The first-order valence-corrected chi connectivity index (χ1v) is 4.97. The normalized spacial score (nSPS) is 21.4. The topological polar surface area (TPSA) is 32.3 Å². The van der Waals surface area contributed by atoms with Gasteiger partial charge in [-0.2, -0.15) is 0 Å². The lowest BCUT2D eigenvalue weighted by Crippen LogP contribution is -2.13. The fourth-order valence-corrected chi connectivity index (χ4v) is 2.01. The average Bonchev–Trinajstić information content (AvgIpc) is 2.63. The van der Waals surface area contributed by atoms with E-state index in [4.69, 9.17) is 11.6 Å². The standard InChI is InChI=1S/C10H11ClFNO/c11-6-4-7(9-2-1-3-13-9)10(14)8(12)5-6/h4-5,9,13-14H,1-3H2. The molecule has 0 saturated carbocycles. The molecule has 1 heterocycles. The van der Waals surface area contributed by atoms with Crippen molar-refractivity contribution in [1.29, 1.82) is 0 Å². The van der Waals surface area contributed by atoms with Gasteiger partial charge in [0.05, 0.1) is 0 Å². The summed E-state index contributed by atoms with van der Waals surface area (Å²) in [4.78, 5) is 0. The summed E-state index contributed by atoms with van der Waals surface area (Å²) < 4.78 is 13.1. The first-order chi connectivity index (χ1) is 6.68. The minimum absolute atomic E-state index is 0.0307. The van der Waals surface area contributed by atoms with E-state index in [1.54, 1.807) is 6.07 Å². The van der Waals surface area contributed by atoms with Gasteiger partial charge in [0.2, 0.25) is 0 Å². The maximum absolute atomic E-state index is 13.1. The van der Waals surface area contributed by atoms with Gasteiger partial charge in [0.1, 0.15) is 0 Å². The largest absolute Gasteiger partial charge is 0.505 e. The van der Waals surface area contributed by atoms with Crippen LogP contribution in [-0.4, -0.2) is 11.7 Å². The average molecular weight is 216 g/mol. The SMILES string of the molecule is Oc1c(F)cc(Cl)cc1C1CCCN1. The van der Waals surface area contributed by atoms with Crippen molar-refractivity contribution in [2.75, 3.05) is 6.54 Å². The monoisotopic (exact) mass is 215 g/mol. The van der Waals surface area contributed by atoms with Crippen LogP contribution in [0.2, 0.25) is 5.02 Å². The van der Waals surface area contributed by atoms with Crippen LogP contribution in [-0.2, 0) is 0 Å². The van der Waals surface area contributed by atoms with Gasteiger partial charge in [0, 0.05) is 16.6 Å². The quantitative estimate of drug-likeness (QED) is 0.755. The van der Waals surface area contributed by atoms with Crippen LogP contribution in [0.15, 0.2) is 12.1 Å². The first kappa shape index (κ1) is 9.74. The molecule has 1 unspecified atom stereocenters. The van der Waals surface area contributed by atoms with E-state index in [0.29, 0.717) is 10.6 Å². The Morgan fingerprint density at radius 2 is 2.29 bits per heavy atom. The number of hydrogen-bond donors (Lipinski definition) is 2. The molecule has 4 heteroatoms. The van der Waals surface area contributed by atoms with Gasteiger partial charge >= 0.3 is 0 Å². The lowest BCUT2D eigenvalue weighted by Gasteiger charge is -2.13. The summed E-state index contributed by atoms with van der Waals surface area (Å²) in [7, 11) is 0. The molecule has 1 aromatic carbocycles. The third kappa shape index (κ3) is 1.70. The summed E-state index contributed by atoms with van der Waals surface area (Å²) in [5, 5.41) is 13.0. The Bertz CT molecular complexity index is 350. The Kier molecular flexibility index (Phi) is 2.61. The van der Waals surface area contributed by atoms with Crippen LogP contribution < -0.4 is 5.32 Å². The number of hydrogen-bond acceptors (Lipinski definition) is 2. The van der Waals surface area contributed by atoms with Crippen molar-refractivity contribution >= 4 is 11.6 Å². The zero-order chi connectivity index (χ0) is 10.1. The van der Waals surface area contributed by atoms with Gasteiger partial charge in [-0.3, -0.25) is 0 Å². The number of nitrogens with one attached hydrogen (secondary N) is 1. The highest BCUT2D eigenvalue weighted by Gasteiger charge is 2.21. The number of halogens is 2. The molecule has 2 rings (SSSR count). The summed E-state index contributed by atoms with van der Waals surface area (Å²) in [6, 6.07) is 2.77. The number of rotatable bonds is 1. The fourth-order valence-electron chi connectivity index (χ4n) is 1.80. The zero-order valence-electron chi connectivity index (χ0n) is 7.56. The second-order valence-corrected chi connectivity index (χ2v) is 3.91. The highest BCUT2D eigenvalue weighted by molar-refractivity contribution is 6.30. The molecule has 1 aliphatic heterocycles. The van der Waals surface area contributed by atoms with Crippen molar-refractivity contribution in [2.24, 2.45) is 0 Å². The van der Waals surface area contributed by atoms with E-state index < -0.39 is 5.82 Å². The zero-order valence-corrected chi connectivity index (χ0v) is 8.31. The van der Waals surface area contributed by atoms with Gasteiger partial charge in [-0.15, -0.1) is 0 Å². The highest BCUT2D eigenvalue weighted by atomic mass is 35.5. The van der Waals surface area contributed by atoms with Crippen molar-refractivity contribution < 1.29 is 9.50 Å². The molecule has 0 bridgehead atoms. The molecule has 1 aromatic rings. The second-order valence-electron chi connectivity index (χ2n) is 3.47. The maximum Gasteiger partial charge on any atom is 0.166 e. The van der Waals surface area contributed by atoms with Crippen LogP contribution in [0.3, 0.4) is 0 Å². The third-order valence-electron chi connectivity index (χ3n) is 2.49.